The number of aromatic nitrogens is 1. The van der Waals surface area contributed by atoms with Crippen LogP contribution in [0.2, 0.25) is 0 Å². The normalized spacial score (nSPS) is 25.9. The van der Waals surface area contributed by atoms with E-state index in [1.165, 1.54) is 0 Å². The number of fused-ring (bicyclic) bond motifs is 3. The monoisotopic (exact) mass is 386 g/mol. The Balaban J connectivity index is 1.52. The molecule has 1 aliphatic heterocycles. The van der Waals surface area contributed by atoms with Crippen LogP contribution in [-0.2, 0) is 4.79 Å². The third-order valence-corrected chi connectivity index (χ3v) is 6.40. The number of amides is 1. The van der Waals surface area contributed by atoms with Gasteiger partial charge in [-0.15, -0.1) is 0 Å². The van der Waals surface area contributed by atoms with Gasteiger partial charge < -0.3 is 14.6 Å². The van der Waals surface area contributed by atoms with Crippen LogP contribution in [0.3, 0.4) is 0 Å². The van der Waals surface area contributed by atoms with Crippen LogP contribution in [0.1, 0.15) is 70.8 Å². The molecule has 1 saturated heterocycles. The number of likely N-dealkylation sites (tertiary alicyclic amines) is 1. The second kappa shape index (κ2) is 7.41. The van der Waals surface area contributed by atoms with Gasteiger partial charge in [-0.1, -0.05) is 13.0 Å². The molecule has 28 heavy (non-hydrogen) atoms. The zero-order chi connectivity index (χ0) is 19.9. The summed E-state index contributed by atoms with van der Waals surface area (Å²) in [6, 6.07) is 6.08. The number of ether oxygens (including phenoxy) is 1. The number of benzene rings is 1. The Morgan fingerprint density at radius 3 is 2.96 bits per heavy atom. The largest absolute Gasteiger partial charge is 0.490 e. The summed E-state index contributed by atoms with van der Waals surface area (Å²) in [5.74, 6) is 1.08. The molecule has 3 atom stereocenters. The summed E-state index contributed by atoms with van der Waals surface area (Å²) >= 11 is 0. The fourth-order valence-corrected chi connectivity index (χ4v) is 5.01. The fourth-order valence-electron chi connectivity index (χ4n) is 5.01. The van der Waals surface area contributed by atoms with Crippen LogP contribution in [0, 0.1) is 0 Å². The van der Waals surface area contributed by atoms with Gasteiger partial charge in [0.15, 0.2) is 0 Å². The summed E-state index contributed by atoms with van der Waals surface area (Å²) in [6.45, 7) is 6.69. The second-order valence-corrected chi connectivity index (χ2v) is 8.93. The van der Waals surface area contributed by atoms with Crippen molar-refractivity contribution in [2.45, 2.75) is 83.0 Å². The molecule has 2 aliphatic rings. The molecule has 1 aromatic heterocycles. The van der Waals surface area contributed by atoms with Crippen molar-refractivity contribution in [2.75, 3.05) is 6.54 Å². The van der Waals surface area contributed by atoms with Gasteiger partial charge in [0, 0.05) is 42.5 Å². The highest BCUT2D eigenvalue weighted by Crippen LogP contribution is 2.42. The summed E-state index contributed by atoms with van der Waals surface area (Å²) in [6.07, 6.45) is 6.03. The number of nitrogens with one attached hydrogen (secondary N) is 1. The fraction of sp³-hybridized carbons (Fsp3) is 0.609. The number of hydrogen-bond donors (Lipinski definition) is 1. The van der Waals surface area contributed by atoms with Gasteiger partial charge in [-0.3, -0.25) is 4.79 Å². The van der Waals surface area contributed by atoms with Crippen molar-refractivity contribution >= 4 is 16.8 Å². The highest BCUT2D eigenvalue weighted by atomic mass is 19.1. The Labute approximate surface area is 166 Å². The average Bonchev–Trinajstić information content (AvgIpc) is 3.06. The first-order valence-corrected chi connectivity index (χ1v) is 10.6. The molecule has 2 heterocycles. The van der Waals surface area contributed by atoms with Crippen LogP contribution in [0.5, 0.6) is 5.75 Å². The quantitative estimate of drug-likeness (QED) is 0.755. The molecule has 3 unspecified atom stereocenters. The molecule has 5 heteroatoms. The number of halogens is 1. The Kier molecular flexibility index (Phi) is 5.11. The van der Waals surface area contributed by atoms with Crippen LogP contribution in [0.4, 0.5) is 4.39 Å². The van der Waals surface area contributed by atoms with E-state index in [4.69, 9.17) is 4.74 Å². The maximum atomic E-state index is 14.7. The van der Waals surface area contributed by atoms with Crippen LogP contribution < -0.4 is 4.74 Å². The highest BCUT2D eigenvalue weighted by molar-refractivity contribution is 5.90. The molecule has 0 spiro atoms. The van der Waals surface area contributed by atoms with Crippen molar-refractivity contribution in [3.8, 4) is 5.75 Å². The van der Waals surface area contributed by atoms with E-state index in [1.807, 2.05) is 43.1 Å². The third kappa shape index (κ3) is 3.63. The van der Waals surface area contributed by atoms with Gasteiger partial charge in [-0.2, -0.15) is 0 Å². The maximum Gasteiger partial charge on any atom is 0.223 e. The summed E-state index contributed by atoms with van der Waals surface area (Å²) < 4.78 is 20.7. The SMILES string of the molecule is CC(C)Oc1cccc2[nH]cc(C(C)CC(=O)N3CCC4(F)CCCC3C4)c12. The predicted octanol–water partition coefficient (Wildman–Crippen LogP) is 5.33. The average molecular weight is 387 g/mol. The highest BCUT2D eigenvalue weighted by Gasteiger charge is 2.44. The molecule has 1 aliphatic carbocycles. The van der Waals surface area contributed by atoms with Crippen LogP contribution in [0.25, 0.3) is 10.9 Å². The number of rotatable bonds is 5. The van der Waals surface area contributed by atoms with E-state index in [0.717, 1.165) is 35.1 Å². The number of carbonyl (C=O) groups is 1. The van der Waals surface area contributed by atoms with Crippen molar-refractivity contribution in [2.24, 2.45) is 0 Å². The van der Waals surface area contributed by atoms with E-state index in [-0.39, 0.29) is 24.0 Å². The number of hydrogen-bond acceptors (Lipinski definition) is 2. The predicted molar refractivity (Wildman–Crippen MR) is 110 cm³/mol. The van der Waals surface area contributed by atoms with Crippen molar-refractivity contribution in [3.05, 3.63) is 30.0 Å². The van der Waals surface area contributed by atoms with Gasteiger partial charge in [0.05, 0.1) is 6.10 Å². The van der Waals surface area contributed by atoms with Gasteiger partial charge >= 0.3 is 0 Å². The lowest BCUT2D eigenvalue weighted by Crippen LogP contribution is -2.53. The first kappa shape index (κ1) is 19.3. The molecule has 1 amide bonds. The lowest BCUT2D eigenvalue weighted by molar-refractivity contribution is -0.140. The molecular weight excluding hydrogens is 355 g/mol. The number of piperidine rings is 1. The standard InChI is InChI=1S/C23H31FN2O2/c1-15(2)28-20-8-4-7-19-22(20)18(14-25-19)16(3)12-21(27)26-11-10-23(24)9-5-6-17(26)13-23/h4,7-8,14-17,25H,5-6,9-13H2,1-3H3. The third-order valence-electron chi connectivity index (χ3n) is 6.40. The molecule has 2 bridgehead atoms. The first-order valence-electron chi connectivity index (χ1n) is 10.6. The topological polar surface area (TPSA) is 45.3 Å². The van der Waals surface area contributed by atoms with Crippen molar-refractivity contribution < 1.29 is 13.9 Å². The van der Waals surface area contributed by atoms with E-state index in [9.17, 15) is 9.18 Å². The summed E-state index contributed by atoms with van der Waals surface area (Å²) in [5.41, 5.74) is 1.10. The number of nitrogens with zero attached hydrogens (tertiary/aromatic N) is 1. The Morgan fingerprint density at radius 2 is 2.18 bits per heavy atom. The molecule has 0 radical (unpaired) electrons. The molecule has 1 aromatic carbocycles. The van der Waals surface area contributed by atoms with Gasteiger partial charge in [0.1, 0.15) is 11.4 Å². The molecule has 1 saturated carbocycles. The molecule has 2 fully saturated rings. The first-order chi connectivity index (χ1) is 13.4. The smallest absolute Gasteiger partial charge is 0.223 e. The van der Waals surface area contributed by atoms with Gasteiger partial charge in [-0.25, -0.2) is 4.39 Å². The molecule has 152 valence electrons. The van der Waals surface area contributed by atoms with Gasteiger partial charge in [0.25, 0.3) is 0 Å². The number of H-pyrrole nitrogens is 1. The lowest BCUT2D eigenvalue weighted by Gasteiger charge is -2.46. The Morgan fingerprint density at radius 1 is 1.36 bits per heavy atom. The summed E-state index contributed by atoms with van der Waals surface area (Å²) in [5, 5.41) is 1.07. The summed E-state index contributed by atoms with van der Waals surface area (Å²) in [4.78, 5) is 18.3. The Bertz CT molecular complexity index is 861. The van der Waals surface area contributed by atoms with Crippen molar-refractivity contribution in [1.29, 1.82) is 0 Å². The molecule has 4 nitrogen and oxygen atoms in total. The maximum absolute atomic E-state index is 14.7. The zero-order valence-electron chi connectivity index (χ0n) is 17.1. The summed E-state index contributed by atoms with van der Waals surface area (Å²) in [7, 11) is 0. The minimum Gasteiger partial charge on any atom is -0.490 e. The number of aromatic amines is 1. The molecule has 2 aromatic rings. The van der Waals surface area contributed by atoms with E-state index in [2.05, 4.69) is 11.9 Å². The van der Waals surface area contributed by atoms with E-state index in [0.29, 0.717) is 32.2 Å². The minimum absolute atomic E-state index is 0.0683. The van der Waals surface area contributed by atoms with Crippen LogP contribution >= 0.6 is 0 Å². The number of carbonyl (C=O) groups excluding carboxylic acids is 1. The lowest BCUT2D eigenvalue weighted by atomic mass is 9.77. The van der Waals surface area contributed by atoms with E-state index in [1.54, 1.807) is 0 Å². The second-order valence-electron chi connectivity index (χ2n) is 8.93. The van der Waals surface area contributed by atoms with E-state index < -0.39 is 5.67 Å². The van der Waals surface area contributed by atoms with Gasteiger partial charge in [-0.05, 0) is 63.1 Å². The van der Waals surface area contributed by atoms with Crippen LogP contribution in [0.15, 0.2) is 24.4 Å². The molecule has 4 rings (SSSR count). The van der Waals surface area contributed by atoms with Crippen LogP contribution in [-0.4, -0.2) is 40.2 Å². The Hall–Kier alpha value is -2.04. The van der Waals surface area contributed by atoms with Crippen molar-refractivity contribution in [1.82, 2.24) is 9.88 Å². The molecule has 1 N–H and O–H groups in total. The minimum atomic E-state index is -1.04. The zero-order valence-corrected chi connectivity index (χ0v) is 17.1. The van der Waals surface area contributed by atoms with E-state index >= 15 is 0 Å². The number of alkyl halides is 1. The van der Waals surface area contributed by atoms with Crippen molar-refractivity contribution in [3.63, 3.8) is 0 Å². The van der Waals surface area contributed by atoms with Gasteiger partial charge in [0.2, 0.25) is 5.91 Å². The molecular formula is C23H31FN2O2.